The molecule has 0 atom stereocenters. The molecule has 7 nitrogen and oxygen atoms in total. The molecule has 4 rings (SSSR count). The van der Waals surface area contributed by atoms with Crippen LogP contribution in [-0.4, -0.2) is 34.8 Å². The maximum absolute atomic E-state index is 13.1. The summed E-state index contributed by atoms with van der Waals surface area (Å²) in [4.78, 5) is 12.9. The Morgan fingerprint density at radius 3 is 2.32 bits per heavy atom. The van der Waals surface area contributed by atoms with Gasteiger partial charge < -0.3 is 5.32 Å². The van der Waals surface area contributed by atoms with Crippen molar-refractivity contribution in [1.29, 1.82) is 0 Å². The zero-order valence-electron chi connectivity index (χ0n) is 20.9. The summed E-state index contributed by atoms with van der Waals surface area (Å²) in [5.41, 5.74) is 3.70. The van der Waals surface area contributed by atoms with E-state index >= 15 is 0 Å². The van der Waals surface area contributed by atoms with Gasteiger partial charge in [-0.05, 0) is 61.7 Å². The third-order valence-electron chi connectivity index (χ3n) is 5.80. The number of aromatic nitrogens is 3. The number of hydrogen-bond acceptors (Lipinski definition) is 6. The molecular weight excluding hydrogens is 504 g/mol. The summed E-state index contributed by atoms with van der Waals surface area (Å²) >= 11 is 1.21. The number of sulfone groups is 1. The smallest absolute Gasteiger partial charge is 0.234 e. The minimum Gasteiger partial charge on any atom is -0.325 e. The number of amides is 1. The van der Waals surface area contributed by atoms with Crippen LogP contribution >= 0.6 is 11.8 Å². The van der Waals surface area contributed by atoms with Gasteiger partial charge in [0.05, 0.1) is 10.6 Å². The van der Waals surface area contributed by atoms with Gasteiger partial charge in [0.1, 0.15) is 5.75 Å². The molecule has 9 heteroatoms. The van der Waals surface area contributed by atoms with Crippen molar-refractivity contribution in [3.8, 4) is 5.69 Å². The number of nitrogens with zero attached hydrogens (tertiary/aromatic N) is 3. The predicted octanol–water partition coefficient (Wildman–Crippen LogP) is 5.62. The SMILES string of the molecule is CCCCc1ccc(NC(=O)CSc2nnc(CS(=O)(=O)c3ccc(C)cc3)n2-c2ccccc2)cc1. The number of anilines is 1. The summed E-state index contributed by atoms with van der Waals surface area (Å²) in [5, 5.41) is 11.8. The van der Waals surface area contributed by atoms with E-state index in [1.165, 1.54) is 17.3 Å². The average Bonchev–Trinajstić information content (AvgIpc) is 3.29. The number of nitrogens with one attached hydrogen (secondary N) is 1. The normalized spacial score (nSPS) is 11.4. The van der Waals surface area contributed by atoms with Crippen LogP contribution in [0.4, 0.5) is 5.69 Å². The van der Waals surface area contributed by atoms with E-state index < -0.39 is 9.84 Å². The highest BCUT2D eigenvalue weighted by Gasteiger charge is 2.23. The van der Waals surface area contributed by atoms with Crippen molar-refractivity contribution >= 4 is 33.2 Å². The van der Waals surface area contributed by atoms with Gasteiger partial charge in [-0.2, -0.15) is 0 Å². The highest BCUT2D eigenvalue weighted by atomic mass is 32.2. The molecule has 192 valence electrons. The molecule has 0 aliphatic carbocycles. The second kappa shape index (κ2) is 12.2. The molecule has 0 saturated heterocycles. The number of para-hydroxylation sites is 1. The Morgan fingerprint density at radius 1 is 0.946 bits per heavy atom. The van der Waals surface area contributed by atoms with Crippen LogP contribution in [0.3, 0.4) is 0 Å². The molecule has 1 heterocycles. The number of rotatable bonds is 11. The van der Waals surface area contributed by atoms with E-state index in [-0.39, 0.29) is 28.1 Å². The largest absolute Gasteiger partial charge is 0.325 e. The van der Waals surface area contributed by atoms with Crippen LogP contribution < -0.4 is 5.32 Å². The summed E-state index contributed by atoms with van der Waals surface area (Å²) in [6.45, 7) is 4.07. The number of thioether (sulfide) groups is 1. The quantitative estimate of drug-likeness (QED) is 0.251. The Bertz CT molecular complexity index is 1430. The number of unbranched alkanes of at least 4 members (excludes halogenated alkanes) is 1. The van der Waals surface area contributed by atoms with Crippen LogP contribution in [0, 0.1) is 6.92 Å². The Labute approximate surface area is 222 Å². The molecule has 3 aromatic carbocycles. The summed E-state index contributed by atoms with van der Waals surface area (Å²) in [5.74, 6) is -0.0948. The Hall–Kier alpha value is -3.43. The van der Waals surface area contributed by atoms with E-state index in [1.54, 1.807) is 28.8 Å². The van der Waals surface area contributed by atoms with Crippen molar-refractivity contribution in [3.63, 3.8) is 0 Å². The summed E-state index contributed by atoms with van der Waals surface area (Å²) < 4.78 is 27.9. The lowest BCUT2D eigenvalue weighted by atomic mass is 10.1. The van der Waals surface area contributed by atoms with E-state index in [4.69, 9.17) is 0 Å². The highest BCUT2D eigenvalue weighted by molar-refractivity contribution is 7.99. The van der Waals surface area contributed by atoms with Gasteiger partial charge in [-0.1, -0.05) is 73.1 Å². The van der Waals surface area contributed by atoms with Gasteiger partial charge in [0.2, 0.25) is 5.91 Å². The Kier molecular flexibility index (Phi) is 8.78. The van der Waals surface area contributed by atoms with E-state index in [2.05, 4.69) is 22.4 Å². The number of carbonyl (C=O) groups is 1. The molecule has 0 spiro atoms. The first-order valence-corrected chi connectivity index (χ1v) is 14.8. The summed E-state index contributed by atoms with van der Waals surface area (Å²) in [6.07, 6.45) is 3.30. The lowest BCUT2D eigenvalue weighted by Gasteiger charge is -2.11. The van der Waals surface area contributed by atoms with Gasteiger partial charge in [0.15, 0.2) is 20.8 Å². The molecule has 0 aliphatic heterocycles. The third kappa shape index (κ3) is 7.08. The molecule has 0 radical (unpaired) electrons. The van der Waals surface area contributed by atoms with Crippen molar-refractivity contribution < 1.29 is 13.2 Å². The van der Waals surface area contributed by atoms with E-state index in [0.29, 0.717) is 5.16 Å². The molecule has 0 unspecified atom stereocenters. The lowest BCUT2D eigenvalue weighted by Crippen LogP contribution is -2.15. The number of hydrogen-bond donors (Lipinski definition) is 1. The minimum atomic E-state index is -3.64. The van der Waals surface area contributed by atoms with Crippen molar-refractivity contribution in [3.05, 3.63) is 95.8 Å². The zero-order chi connectivity index (χ0) is 26.3. The van der Waals surface area contributed by atoms with Gasteiger partial charge in [-0.3, -0.25) is 9.36 Å². The molecule has 0 saturated carbocycles. The minimum absolute atomic E-state index is 0.104. The fourth-order valence-electron chi connectivity index (χ4n) is 3.79. The van der Waals surface area contributed by atoms with Crippen molar-refractivity contribution in [2.75, 3.05) is 11.1 Å². The first-order valence-electron chi connectivity index (χ1n) is 12.2. The number of carbonyl (C=O) groups excluding carboxylic acids is 1. The maximum Gasteiger partial charge on any atom is 0.234 e. The van der Waals surface area contributed by atoms with Gasteiger partial charge in [0, 0.05) is 11.4 Å². The second-order valence-electron chi connectivity index (χ2n) is 8.78. The van der Waals surface area contributed by atoms with Gasteiger partial charge in [0.25, 0.3) is 0 Å². The maximum atomic E-state index is 13.1. The molecule has 1 amide bonds. The monoisotopic (exact) mass is 534 g/mol. The topological polar surface area (TPSA) is 94.0 Å². The summed E-state index contributed by atoms with van der Waals surface area (Å²) in [6, 6.07) is 23.9. The highest BCUT2D eigenvalue weighted by Crippen LogP contribution is 2.25. The molecule has 4 aromatic rings. The molecule has 1 aromatic heterocycles. The first-order chi connectivity index (χ1) is 17.9. The van der Waals surface area contributed by atoms with Crippen LogP contribution in [0.25, 0.3) is 5.69 Å². The van der Waals surface area contributed by atoms with Gasteiger partial charge >= 0.3 is 0 Å². The first kappa shape index (κ1) is 26.6. The van der Waals surface area contributed by atoms with Gasteiger partial charge in [-0.15, -0.1) is 10.2 Å². The fourth-order valence-corrected chi connectivity index (χ4v) is 5.80. The van der Waals surface area contributed by atoms with E-state index in [9.17, 15) is 13.2 Å². The second-order valence-corrected chi connectivity index (χ2v) is 11.7. The molecule has 1 N–H and O–H groups in total. The molecule has 0 bridgehead atoms. The number of aryl methyl sites for hydroxylation is 2. The van der Waals surface area contributed by atoms with Crippen molar-refractivity contribution in [2.45, 2.75) is 48.9 Å². The standard InChI is InChI=1S/C28H30N4O3S2/c1-3-4-8-22-13-15-23(16-14-22)29-27(33)19-36-28-31-30-26(32(28)24-9-6-5-7-10-24)20-37(34,35)25-17-11-21(2)12-18-25/h5-7,9-18H,3-4,8,19-20H2,1-2H3,(H,29,33). The Morgan fingerprint density at radius 2 is 1.65 bits per heavy atom. The van der Waals surface area contributed by atoms with E-state index in [0.717, 1.165) is 36.2 Å². The molecule has 0 fully saturated rings. The Balaban J connectivity index is 1.49. The van der Waals surface area contributed by atoms with Crippen molar-refractivity contribution in [2.24, 2.45) is 0 Å². The van der Waals surface area contributed by atoms with Crippen LogP contribution in [0.1, 0.15) is 36.7 Å². The van der Waals surface area contributed by atoms with Crippen LogP contribution in [0.2, 0.25) is 0 Å². The predicted molar refractivity (Wildman–Crippen MR) is 148 cm³/mol. The third-order valence-corrected chi connectivity index (χ3v) is 8.36. The fraction of sp³-hybridized carbons (Fsp3) is 0.250. The van der Waals surface area contributed by atoms with E-state index in [1.807, 2.05) is 61.5 Å². The summed E-state index contributed by atoms with van der Waals surface area (Å²) in [7, 11) is -3.64. The van der Waals surface area contributed by atoms with Crippen molar-refractivity contribution in [1.82, 2.24) is 14.8 Å². The van der Waals surface area contributed by atoms with Crippen LogP contribution in [0.5, 0.6) is 0 Å². The number of benzene rings is 3. The van der Waals surface area contributed by atoms with Gasteiger partial charge in [-0.25, -0.2) is 8.42 Å². The average molecular weight is 535 g/mol. The zero-order valence-corrected chi connectivity index (χ0v) is 22.6. The molecule has 0 aliphatic rings. The van der Waals surface area contributed by atoms with Crippen LogP contribution in [-0.2, 0) is 26.8 Å². The molecule has 37 heavy (non-hydrogen) atoms. The van der Waals surface area contributed by atoms with Crippen LogP contribution in [0.15, 0.2) is 88.9 Å². The molecular formula is C28H30N4O3S2. The lowest BCUT2D eigenvalue weighted by molar-refractivity contribution is -0.113.